The summed E-state index contributed by atoms with van der Waals surface area (Å²) in [4.78, 5) is 32.2. The third kappa shape index (κ3) is 5.50. The van der Waals surface area contributed by atoms with Crippen molar-refractivity contribution in [3.05, 3.63) is 33.5 Å². The Hall–Kier alpha value is -2.51. The molecule has 0 bridgehead atoms. The number of aryl methyl sites for hydroxylation is 1. The van der Waals surface area contributed by atoms with Gasteiger partial charge in [-0.2, -0.15) is 4.98 Å². The van der Waals surface area contributed by atoms with E-state index < -0.39 is 5.60 Å². The topological polar surface area (TPSA) is 79.7 Å². The SMILES string of the molecule is CCC(C)=C(Nc1nc(=O)cc(C)n1C)N1CCN(C(=O)OC(C)(C)C)CC1. The summed E-state index contributed by atoms with van der Waals surface area (Å²) in [7, 11) is 1.88. The first kappa shape index (κ1) is 21.8. The maximum absolute atomic E-state index is 12.3. The van der Waals surface area contributed by atoms with E-state index in [4.69, 9.17) is 4.74 Å². The first-order chi connectivity index (χ1) is 13.0. The molecule has 0 atom stereocenters. The molecule has 1 aliphatic rings. The number of allylic oxidation sites excluding steroid dienone is 1. The van der Waals surface area contributed by atoms with E-state index in [2.05, 4.69) is 29.0 Å². The van der Waals surface area contributed by atoms with Crippen molar-refractivity contribution < 1.29 is 9.53 Å². The number of nitrogens with zero attached hydrogens (tertiary/aromatic N) is 4. The molecule has 8 nitrogen and oxygen atoms in total. The lowest BCUT2D eigenvalue weighted by atomic mass is 10.2. The van der Waals surface area contributed by atoms with Gasteiger partial charge in [-0.15, -0.1) is 0 Å². The number of aromatic nitrogens is 2. The minimum atomic E-state index is -0.499. The highest BCUT2D eigenvalue weighted by Crippen LogP contribution is 2.19. The average Bonchev–Trinajstić information content (AvgIpc) is 2.61. The van der Waals surface area contributed by atoms with Gasteiger partial charge in [-0.05, 0) is 46.6 Å². The number of carbonyl (C=O) groups is 1. The highest BCUT2D eigenvalue weighted by atomic mass is 16.6. The maximum Gasteiger partial charge on any atom is 0.410 e. The molecule has 1 aromatic rings. The molecule has 2 rings (SSSR count). The summed E-state index contributed by atoms with van der Waals surface area (Å²) >= 11 is 0. The number of nitrogens with one attached hydrogen (secondary N) is 1. The molecule has 1 fully saturated rings. The molecule has 0 aliphatic carbocycles. The van der Waals surface area contributed by atoms with Gasteiger partial charge in [0, 0.05) is 45.0 Å². The number of hydrogen-bond acceptors (Lipinski definition) is 6. The molecule has 0 saturated carbocycles. The Morgan fingerprint density at radius 1 is 1.21 bits per heavy atom. The molecule has 2 heterocycles. The van der Waals surface area contributed by atoms with Gasteiger partial charge >= 0.3 is 6.09 Å². The van der Waals surface area contributed by atoms with Crippen LogP contribution in [0.4, 0.5) is 10.7 Å². The van der Waals surface area contributed by atoms with E-state index in [9.17, 15) is 9.59 Å². The summed E-state index contributed by atoms with van der Waals surface area (Å²) in [5, 5.41) is 3.35. The van der Waals surface area contributed by atoms with Crippen LogP contribution >= 0.6 is 0 Å². The number of piperazine rings is 1. The quantitative estimate of drug-likeness (QED) is 0.850. The van der Waals surface area contributed by atoms with Crippen molar-refractivity contribution in [1.29, 1.82) is 0 Å². The summed E-state index contributed by atoms with van der Waals surface area (Å²) in [6, 6.07) is 1.51. The van der Waals surface area contributed by atoms with Gasteiger partial charge in [0.25, 0.3) is 5.56 Å². The van der Waals surface area contributed by atoms with Crippen molar-refractivity contribution in [3.63, 3.8) is 0 Å². The van der Waals surface area contributed by atoms with E-state index >= 15 is 0 Å². The molecule has 0 spiro atoms. The Balaban J connectivity index is 2.15. The summed E-state index contributed by atoms with van der Waals surface area (Å²) in [5.74, 6) is 1.46. The number of rotatable bonds is 4. The van der Waals surface area contributed by atoms with E-state index in [1.165, 1.54) is 11.6 Å². The van der Waals surface area contributed by atoms with Gasteiger partial charge in [-0.3, -0.25) is 4.79 Å². The fourth-order valence-electron chi connectivity index (χ4n) is 2.93. The summed E-state index contributed by atoms with van der Waals surface area (Å²) < 4.78 is 7.33. The van der Waals surface area contributed by atoms with Gasteiger partial charge in [-0.25, -0.2) is 4.79 Å². The van der Waals surface area contributed by atoms with Crippen LogP contribution in [0.3, 0.4) is 0 Å². The average molecular weight is 392 g/mol. The van der Waals surface area contributed by atoms with Crippen molar-refractivity contribution in [2.24, 2.45) is 7.05 Å². The first-order valence-electron chi connectivity index (χ1n) is 9.76. The van der Waals surface area contributed by atoms with Gasteiger partial charge < -0.3 is 24.4 Å². The highest BCUT2D eigenvalue weighted by molar-refractivity contribution is 5.68. The first-order valence-corrected chi connectivity index (χ1v) is 9.76. The van der Waals surface area contributed by atoms with Crippen molar-refractivity contribution in [2.45, 2.75) is 53.6 Å². The fourth-order valence-corrected chi connectivity index (χ4v) is 2.93. The fraction of sp³-hybridized carbons (Fsp3) is 0.650. The number of hydrogen-bond donors (Lipinski definition) is 1. The summed E-state index contributed by atoms with van der Waals surface area (Å²) in [5.41, 5.74) is 1.25. The lowest BCUT2D eigenvalue weighted by molar-refractivity contribution is 0.0169. The Labute approximate surface area is 167 Å². The molecule has 1 N–H and O–H groups in total. The molecular weight excluding hydrogens is 358 g/mol. The minimum absolute atomic E-state index is 0.263. The molecule has 1 aliphatic heterocycles. The second-order valence-corrected chi connectivity index (χ2v) is 8.18. The molecule has 28 heavy (non-hydrogen) atoms. The van der Waals surface area contributed by atoms with Gasteiger partial charge in [0.15, 0.2) is 0 Å². The van der Waals surface area contributed by atoms with Crippen LogP contribution in [0.1, 0.15) is 46.7 Å². The lowest BCUT2D eigenvalue weighted by Crippen LogP contribution is -2.50. The van der Waals surface area contributed by atoms with E-state index in [-0.39, 0.29) is 11.7 Å². The lowest BCUT2D eigenvalue weighted by Gasteiger charge is -2.38. The number of ether oxygens (including phenoxy) is 1. The van der Waals surface area contributed by atoms with Crippen LogP contribution in [-0.4, -0.2) is 57.2 Å². The van der Waals surface area contributed by atoms with Crippen molar-refractivity contribution in [3.8, 4) is 0 Å². The predicted octanol–water partition coefficient (Wildman–Crippen LogP) is 2.69. The van der Waals surface area contributed by atoms with Crippen LogP contribution in [0.15, 0.2) is 22.3 Å². The molecule has 0 radical (unpaired) electrons. The second-order valence-electron chi connectivity index (χ2n) is 8.18. The second kappa shape index (κ2) is 8.67. The minimum Gasteiger partial charge on any atom is -0.444 e. The molecule has 1 aromatic heterocycles. The van der Waals surface area contributed by atoms with Crippen LogP contribution in [0.5, 0.6) is 0 Å². The molecule has 156 valence electrons. The van der Waals surface area contributed by atoms with E-state index in [0.29, 0.717) is 32.1 Å². The molecule has 0 unspecified atom stereocenters. The molecule has 1 saturated heterocycles. The third-order valence-corrected chi connectivity index (χ3v) is 4.81. The van der Waals surface area contributed by atoms with Crippen LogP contribution < -0.4 is 10.9 Å². The Morgan fingerprint density at radius 2 is 1.79 bits per heavy atom. The van der Waals surface area contributed by atoms with Crippen molar-refractivity contribution in [2.75, 3.05) is 31.5 Å². The molecular formula is C20H33N5O3. The number of amides is 1. The van der Waals surface area contributed by atoms with Gasteiger partial charge in [0.1, 0.15) is 11.4 Å². The zero-order valence-electron chi connectivity index (χ0n) is 18.1. The van der Waals surface area contributed by atoms with E-state index in [0.717, 1.165) is 17.9 Å². The zero-order valence-corrected chi connectivity index (χ0v) is 18.1. The van der Waals surface area contributed by atoms with Gasteiger partial charge in [-0.1, -0.05) is 6.92 Å². The van der Waals surface area contributed by atoms with Crippen LogP contribution in [-0.2, 0) is 11.8 Å². The Bertz CT molecular complexity index is 799. The van der Waals surface area contributed by atoms with Crippen molar-refractivity contribution >= 4 is 12.0 Å². The van der Waals surface area contributed by atoms with Gasteiger partial charge in [0.05, 0.1) is 0 Å². The monoisotopic (exact) mass is 391 g/mol. The summed E-state index contributed by atoms with van der Waals surface area (Å²) in [6.45, 7) is 14.2. The van der Waals surface area contributed by atoms with Crippen molar-refractivity contribution in [1.82, 2.24) is 19.4 Å². The normalized spacial score (nSPS) is 16.0. The molecule has 8 heteroatoms. The standard InChI is InChI=1S/C20H33N5O3/c1-8-14(2)17(22-18-21-16(26)13-15(3)23(18)7)24-9-11-25(12-10-24)19(27)28-20(4,5)6/h13H,8-12H2,1-7H3,(H,21,22,26). The Kier molecular flexibility index (Phi) is 6.74. The maximum atomic E-state index is 12.3. The molecule has 0 aromatic carbocycles. The highest BCUT2D eigenvalue weighted by Gasteiger charge is 2.27. The van der Waals surface area contributed by atoms with Crippen LogP contribution in [0.2, 0.25) is 0 Å². The number of carbonyl (C=O) groups excluding carboxylic acids is 1. The largest absolute Gasteiger partial charge is 0.444 e. The Morgan fingerprint density at radius 3 is 2.32 bits per heavy atom. The zero-order chi connectivity index (χ0) is 21.1. The van der Waals surface area contributed by atoms with Crippen LogP contribution in [0, 0.1) is 6.92 Å². The third-order valence-electron chi connectivity index (χ3n) is 4.81. The predicted molar refractivity (Wildman–Crippen MR) is 110 cm³/mol. The smallest absolute Gasteiger partial charge is 0.410 e. The molecule has 1 amide bonds. The summed E-state index contributed by atoms with van der Waals surface area (Å²) in [6.07, 6.45) is 0.592. The van der Waals surface area contributed by atoms with E-state index in [1.807, 2.05) is 39.3 Å². The number of anilines is 1. The van der Waals surface area contributed by atoms with Crippen LogP contribution in [0.25, 0.3) is 0 Å². The van der Waals surface area contributed by atoms with Gasteiger partial charge in [0.2, 0.25) is 5.95 Å². The van der Waals surface area contributed by atoms with E-state index in [1.54, 1.807) is 4.90 Å².